The summed E-state index contributed by atoms with van der Waals surface area (Å²) in [6.45, 7) is 4.36. The Kier molecular flexibility index (Phi) is 5.91. The monoisotopic (exact) mass is 337 g/mol. The Hall–Kier alpha value is -0.680. The number of rotatable bonds is 4. The molecule has 0 spiro atoms. The number of pyridine rings is 1. The van der Waals surface area contributed by atoms with Crippen molar-refractivity contribution in [1.29, 1.82) is 0 Å². The van der Waals surface area contributed by atoms with Gasteiger partial charge in [0.1, 0.15) is 5.15 Å². The normalized spacial score (nSPS) is 28.7. The standard InChI is InChI=1S/C18H28ClN3O/c1-13(14-6-9-20-18(19)12-14)21-15-7-10-22(11-8-15)16-4-2-3-5-17(16)23/h6,9,12-13,15-17,21,23H,2-5,7-8,10-11H2,1H3. The van der Waals surface area contributed by atoms with Crippen molar-refractivity contribution in [1.82, 2.24) is 15.2 Å². The molecule has 4 nitrogen and oxygen atoms in total. The smallest absolute Gasteiger partial charge is 0.129 e. The first-order valence-corrected chi connectivity index (χ1v) is 9.31. The Morgan fingerprint density at radius 1 is 1.26 bits per heavy atom. The second kappa shape index (κ2) is 7.93. The molecule has 2 fully saturated rings. The van der Waals surface area contributed by atoms with Gasteiger partial charge in [-0.05, 0) is 50.3 Å². The summed E-state index contributed by atoms with van der Waals surface area (Å²) in [5, 5.41) is 14.5. The lowest BCUT2D eigenvalue weighted by atomic mass is 9.89. The summed E-state index contributed by atoms with van der Waals surface area (Å²) in [7, 11) is 0. The van der Waals surface area contributed by atoms with E-state index < -0.39 is 0 Å². The van der Waals surface area contributed by atoms with E-state index in [0.29, 0.717) is 17.2 Å². The number of aromatic nitrogens is 1. The topological polar surface area (TPSA) is 48.4 Å². The number of piperidine rings is 1. The third kappa shape index (κ3) is 4.44. The Labute approximate surface area is 144 Å². The molecule has 1 aliphatic heterocycles. The van der Waals surface area contributed by atoms with E-state index >= 15 is 0 Å². The molecule has 0 aromatic carbocycles. The zero-order valence-corrected chi connectivity index (χ0v) is 14.7. The molecule has 3 unspecified atom stereocenters. The highest BCUT2D eigenvalue weighted by Crippen LogP contribution is 2.26. The predicted molar refractivity (Wildman–Crippen MR) is 93.7 cm³/mol. The van der Waals surface area contributed by atoms with Crippen molar-refractivity contribution in [2.75, 3.05) is 13.1 Å². The van der Waals surface area contributed by atoms with E-state index in [9.17, 15) is 5.11 Å². The van der Waals surface area contributed by atoms with Gasteiger partial charge in [-0.25, -0.2) is 4.98 Å². The maximum Gasteiger partial charge on any atom is 0.129 e. The van der Waals surface area contributed by atoms with Crippen LogP contribution in [0.15, 0.2) is 18.3 Å². The maximum absolute atomic E-state index is 10.2. The molecule has 0 amide bonds. The summed E-state index contributed by atoms with van der Waals surface area (Å²) >= 11 is 5.98. The summed E-state index contributed by atoms with van der Waals surface area (Å²) in [4.78, 5) is 6.56. The van der Waals surface area contributed by atoms with Crippen LogP contribution in [0.1, 0.15) is 57.1 Å². The van der Waals surface area contributed by atoms with E-state index in [4.69, 9.17) is 11.6 Å². The van der Waals surface area contributed by atoms with Crippen LogP contribution in [0, 0.1) is 0 Å². The van der Waals surface area contributed by atoms with Crippen LogP contribution >= 0.6 is 11.6 Å². The van der Waals surface area contributed by atoms with Crippen molar-refractivity contribution in [3.05, 3.63) is 29.0 Å². The number of hydrogen-bond donors (Lipinski definition) is 2. The number of nitrogens with zero attached hydrogens (tertiary/aromatic N) is 2. The number of aliphatic hydroxyl groups excluding tert-OH is 1. The van der Waals surface area contributed by atoms with Crippen LogP contribution in [0.5, 0.6) is 0 Å². The average Bonchev–Trinajstić information content (AvgIpc) is 2.56. The molecule has 2 heterocycles. The Morgan fingerprint density at radius 2 is 2.00 bits per heavy atom. The molecule has 1 saturated carbocycles. The van der Waals surface area contributed by atoms with Crippen molar-refractivity contribution < 1.29 is 5.11 Å². The van der Waals surface area contributed by atoms with Crippen LogP contribution in [0.4, 0.5) is 0 Å². The molecule has 3 rings (SSSR count). The lowest BCUT2D eigenvalue weighted by molar-refractivity contribution is 0.00671. The number of hydrogen-bond acceptors (Lipinski definition) is 4. The molecule has 1 aromatic heterocycles. The van der Waals surface area contributed by atoms with E-state index in [1.54, 1.807) is 6.20 Å². The molecular formula is C18H28ClN3O. The van der Waals surface area contributed by atoms with E-state index in [0.717, 1.165) is 38.8 Å². The van der Waals surface area contributed by atoms with Crippen LogP contribution in [-0.4, -0.2) is 46.3 Å². The number of halogens is 1. The van der Waals surface area contributed by atoms with Crippen LogP contribution < -0.4 is 5.32 Å². The molecular weight excluding hydrogens is 310 g/mol. The second-order valence-electron chi connectivity index (χ2n) is 7.03. The van der Waals surface area contributed by atoms with Crippen molar-refractivity contribution in [3.8, 4) is 0 Å². The molecule has 23 heavy (non-hydrogen) atoms. The van der Waals surface area contributed by atoms with Gasteiger partial charge in [0.15, 0.2) is 0 Å². The summed E-state index contributed by atoms with van der Waals surface area (Å²) in [5.74, 6) is 0. The highest BCUT2D eigenvalue weighted by Gasteiger charge is 2.31. The minimum atomic E-state index is -0.119. The molecule has 128 valence electrons. The quantitative estimate of drug-likeness (QED) is 0.829. The fraction of sp³-hybridized carbons (Fsp3) is 0.722. The van der Waals surface area contributed by atoms with Crippen molar-refractivity contribution in [2.45, 2.75) is 69.7 Å². The molecule has 5 heteroatoms. The maximum atomic E-state index is 10.2. The Morgan fingerprint density at radius 3 is 2.70 bits per heavy atom. The van der Waals surface area contributed by atoms with Gasteiger partial charge in [0.25, 0.3) is 0 Å². The van der Waals surface area contributed by atoms with Gasteiger partial charge < -0.3 is 10.4 Å². The van der Waals surface area contributed by atoms with Crippen LogP contribution in [0.3, 0.4) is 0 Å². The van der Waals surface area contributed by atoms with Gasteiger partial charge in [0.05, 0.1) is 6.10 Å². The largest absolute Gasteiger partial charge is 0.391 e. The molecule has 1 aromatic rings. The molecule has 1 saturated heterocycles. The first-order valence-electron chi connectivity index (χ1n) is 8.93. The van der Waals surface area contributed by atoms with E-state index in [2.05, 4.69) is 22.1 Å². The van der Waals surface area contributed by atoms with Gasteiger partial charge >= 0.3 is 0 Å². The van der Waals surface area contributed by atoms with Gasteiger partial charge in [-0.1, -0.05) is 24.4 Å². The van der Waals surface area contributed by atoms with Crippen molar-refractivity contribution in [2.24, 2.45) is 0 Å². The lowest BCUT2D eigenvalue weighted by Crippen LogP contribution is -2.51. The molecule has 0 radical (unpaired) electrons. The lowest BCUT2D eigenvalue weighted by Gasteiger charge is -2.42. The molecule has 2 N–H and O–H groups in total. The van der Waals surface area contributed by atoms with Gasteiger partial charge in [0.2, 0.25) is 0 Å². The first-order chi connectivity index (χ1) is 11.1. The molecule has 2 aliphatic rings. The molecule has 1 aliphatic carbocycles. The zero-order chi connectivity index (χ0) is 16.2. The van der Waals surface area contributed by atoms with Gasteiger partial charge in [0, 0.05) is 37.4 Å². The number of aliphatic hydroxyl groups is 1. The van der Waals surface area contributed by atoms with Crippen LogP contribution in [0.2, 0.25) is 5.15 Å². The van der Waals surface area contributed by atoms with Crippen LogP contribution in [-0.2, 0) is 0 Å². The number of likely N-dealkylation sites (tertiary alicyclic amines) is 1. The summed E-state index contributed by atoms with van der Waals surface area (Å²) in [6, 6.07) is 5.17. The Bertz CT molecular complexity index is 505. The second-order valence-corrected chi connectivity index (χ2v) is 7.42. The third-order valence-electron chi connectivity index (χ3n) is 5.43. The molecule has 0 bridgehead atoms. The predicted octanol–water partition coefficient (Wildman–Crippen LogP) is 3.15. The Balaban J connectivity index is 1.49. The highest BCUT2D eigenvalue weighted by molar-refractivity contribution is 6.29. The first kappa shape index (κ1) is 17.2. The minimum absolute atomic E-state index is 0.119. The molecule has 3 atom stereocenters. The van der Waals surface area contributed by atoms with E-state index in [1.807, 2.05) is 12.1 Å². The highest BCUT2D eigenvalue weighted by atomic mass is 35.5. The zero-order valence-electron chi connectivity index (χ0n) is 13.9. The van der Waals surface area contributed by atoms with Gasteiger partial charge in [-0.3, -0.25) is 4.90 Å². The van der Waals surface area contributed by atoms with Gasteiger partial charge in [-0.15, -0.1) is 0 Å². The SMILES string of the molecule is CC(NC1CCN(C2CCCCC2O)CC1)c1ccnc(Cl)c1. The fourth-order valence-electron chi connectivity index (χ4n) is 4.05. The van der Waals surface area contributed by atoms with E-state index in [1.165, 1.54) is 18.4 Å². The van der Waals surface area contributed by atoms with Crippen molar-refractivity contribution in [3.63, 3.8) is 0 Å². The minimum Gasteiger partial charge on any atom is -0.391 e. The number of nitrogens with one attached hydrogen (secondary N) is 1. The average molecular weight is 338 g/mol. The van der Waals surface area contributed by atoms with E-state index in [-0.39, 0.29) is 12.1 Å². The third-order valence-corrected chi connectivity index (χ3v) is 5.64. The summed E-state index contributed by atoms with van der Waals surface area (Å²) in [6.07, 6.45) is 8.52. The van der Waals surface area contributed by atoms with Crippen LogP contribution in [0.25, 0.3) is 0 Å². The van der Waals surface area contributed by atoms with Crippen molar-refractivity contribution >= 4 is 11.6 Å². The fourth-order valence-corrected chi connectivity index (χ4v) is 4.23. The van der Waals surface area contributed by atoms with Gasteiger partial charge in [-0.2, -0.15) is 0 Å². The summed E-state index contributed by atoms with van der Waals surface area (Å²) < 4.78 is 0. The summed E-state index contributed by atoms with van der Waals surface area (Å²) in [5.41, 5.74) is 1.19.